The van der Waals surface area contributed by atoms with Gasteiger partial charge in [0, 0.05) is 26.8 Å². The molecule has 2 rings (SSSR count). The molecule has 2 amide bonds. The number of ether oxygens (including phenoxy) is 3. The largest absolute Gasteiger partial charge is 0.484 e. The van der Waals surface area contributed by atoms with E-state index in [1.165, 1.54) is 13.2 Å². The number of methoxy groups -OCH3 is 1. The summed E-state index contributed by atoms with van der Waals surface area (Å²) >= 11 is 0. The van der Waals surface area contributed by atoms with Crippen molar-refractivity contribution in [3.8, 4) is 11.8 Å². The number of nitrogens with one attached hydrogen (secondary N) is 2. The average molecular weight is 387 g/mol. The predicted octanol–water partition coefficient (Wildman–Crippen LogP) is 1.03. The van der Waals surface area contributed by atoms with E-state index in [-0.39, 0.29) is 24.2 Å². The Labute approximate surface area is 164 Å². The Hall–Kier alpha value is -2.89. The number of nitrogens with zero attached hydrogens (tertiary/aromatic N) is 1. The van der Waals surface area contributed by atoms with Crippen molar-refractivity contribution in [2.75, 3.05) is 40.0 Å². The first-order valence-corrected chi connectivity index (χ1v) is 9.12. The number of benzene rings is 1. The van der Waals surface area contributed by atoms with Crippen LogP contribution in [0.15, 0.2) is 29.8 Å². The van der Waals surface area contributed by atoms with E-state index in [4.69, 9.17) is 19.5 Å². The van der Waals surface area contributed by atoms with Gasteiger partial charge in [-0.05, 0) is 36.6 Å². The van der Waals surface area contributed by atoms with E-state index >= 15 is 0 Å². The number of carbonyl (C=O) groups excluding carboxylic acids is 2. The molecule has 1 fully saturated rings. The van der Waals surface area contributed by atoms with Gasteiger partial charge in [-0.3, -0.25) is 9.59 Å². The van der Waals surface area contributed by atoms with Crippen LogP contribution in [0, 0.1) is 11.3 Å². The van der Waals surface area contributed by atoms with Gasteiger partial charge in [-0.25, -0.2) is 0 Å². The predicted molar refractivity (Wildman–Crippen MR) is 102 cm³/mol. The second-order valence-corrected chi connectivity index (χ2v) is 6.22. The van der Waals surface area contributed by atoms with E-state index in [0.29, 0.717) is 31.0 Å². The van der Waals surface area contributed by atoms with Gasteiger partial charge in [0.25, 0.3) is 11.8 Å². The molecule has 2 N–H and O–H groups in total. The Morgan fingerprint density at radius 2 is 2.11 bits per heavy atom. The molecule has 1 atom stereocenters. The van der Waals surface area contributed by atoms with E-state index in [9.17, 15) is 9.59 Å². The highest BCUT2D eigenvalue weighted by Gasteiger charge is 2.16. The molecule has 150 valence electrons. The van der Waals surface area contributed by atoms with Gasteiger partial charge >= 0.3 is 0 Å². The molecule has 28 heavy (non-hydrogen) atoms. The highest BCUT2D eigenvalue weighted by molar-refractivity contribution is 6.01. The summed E-state index contributed by atoms with van der Waals surface area (Å²) in [6, 6.07) is 8.65. The monoisotopic (exact) mass is 387 g/mol. The molecule has 0 spiro atoms. The zero-order valence-corrected chi connectivity index (χ0v) is 15.9. The molecule has 1 heterocycles. The van der Waals surface area contributed by atoms with Gasteiger partial charge in [-0.15, -0.1) is 0 Å². The zero-order valence-electron chi connectivity index (χ0n) is 15.9. The Kier molecular flexibility index (Phi) is 8.98. The third-order valence-corrected chi connectivity index (χ3v) is 4.07. The first-order chi connectivity index (χ1) is 13.6. The van der Waals surface area contributed by atoms with Gasteiger partial charge in [0.2, 0.25) is 0 Å². The van der Waals surface area contributed by atoms with Crippen LogP contribution >= 0.6 is 0 Å². The Morgan fingerprint density at radius 3 is 2.75 bits per heavy atom. The standard InChI is InChI=1S/C20H25N3O5/c1-26-10-8-22-20(25)16(12-21)11-15-4-6-17(7-5-15)28-14-19(24)23-13-18-3-2-9-27-18/h4-7,11,18H,2-3,8-10,13-14H2,1H3,(H,22,25)(H,23,24)/b16-11+/t18-/m0/s1. The van der Waals surface area contributed by atoms with Crippen molar-refractivity contribution in [3.05, 3.63) is 35.4 Å². The van der Waals surface area contributed by atoms with Gasteiger partial charge in [-0.2, -0.15) is 5.26 Å². The van der Waals surface area contributed by atoms with Gasteiger partial charge in [0.1, 0.15) is 17.4 Å². The Bertz CT molecular complexity index is 718. The molecular weight excluding hydrogens is 362 g/mol. The summed E-state index contributed by atoms with van der Waals surface area (Å²) in [5, 5.41) is 14.5. The normalized spacial score (nSPS) is 16.3. The molecule has 0 radical (unpaired) electrons. The number of amides is 2. The quantitative estimate of drug-likeness (QED) is 0.353. The van der Waals surface area contributed by atoms with Crippen molar-refractivity contribution in [1.82, 2.24) is 10.6 Å². The van der Waals surface area contributed by atoms with Crippen molar-refractivity contribution in [2.24, 2.45) is 0 Å². The lowest BCUT2D eigenvalue weighted by atomic mass is 10.1. The molecule has 0 aliphatic carbocycles. The fourth-order valence-corrected chi connectivity index (χ4v) is 2.57. The van der Waals surface area contributed by atoms with Crippen LogP contribution in [0.3, 0.4) is 0 Å². The van der Waals surface area contributed by atoms with Crippen molar-refractivity contribution >= 4 is 17.9 Å². The second-order valence-electron chi connectivity index (χ2n) is 6.22. The minimum atomic E-state index is -0.456. The maximum atomic E-state index is 11.9. The lowest BCUT2D eigenvalue weighted by Crippen LogP contribution is -2.35. The minimum absolute atomic E-state index is 0.00159. The number of carbonyl (C=O) groups is 2. The summed E-state index contributed by atoms with van der Waals surface area (Å²) in [5.74, 6) is -0.144. The SMILES string of the molecule is COCCNC(=O)/C(C#N)=C/c1ccc(OCC(=O)NC[C@@H]2CCCO2)cc1. The number of rotatable bonds is 10. The summed E-state index contributed by atoms with van der Waals surface area (Å²) in [6.07, 6.45) is 3.57. The third kappa shape index (κ3) is 7.39. The van der Waals surface area contributed by atoms with Crippen LogP contribution in [0.1, 0.15) is 18.4 Å². The Balaban J connectivity index is 1.80. The maximum Gasteiger partial charge on any atom is 0.262 e. The van der Waals surface area contributed by atoms with E-state index < -0.39 is 5.91 Å². The van der Waals surface area contributed by atoms with Crippen molar-refractivity contribution in [2.45, 2.75) is 18.9 Å². The van der Waals surface area contributed by atoms with Crippen LogP contribution < -0.4 is 15.4 Å². The lowest BCUT2D eigenvalue weighted by Gasteiger charge is -2.11. The number of nitriles is 1. The molecule has 0 bridgehead atoms. The number of hydrogen-bond acceptors (Lipinski definition) is 6. The summed E-state index contributed by atoms with van der Waals surface area (Å²) in [6.45, 7) is 1.86. The smallest absolute Gasteiger partial charge is 0.262 e. The van der Waals surface area contributed by atoms with Crippen LogP contribution in [-0.4, -0.2) is 57.9 Å². The van der Waals surface area contributed by atoms with Gasteiger partial charge < -0.3 is 24.8 Å². The van der Waals surface area contributed by atoms with Crippen LogP contribution in [0.2, 0.25) is 0 Å². The molecule has 1 saturated heterocycles. The molecule has 1 aromatic carbocycles. The summed E-state index contributed by atoms with van der Waals surface area (Å²) in [4.78, 5) is 23.7. The fourth-order valence-electron chi connectivity index (χ4n) is 2.57. The molecule has 8 nitrogen and oxygen atoms in total. The third-order valence-electron chi connectivity index (χ3n) is 4.07. The topological polar surface area (TPSA) is 110 Å². The minimum Gasteiger partial charge on any atom is -0.484 e. The molecule has 1 aliphatic rings. The summed E-state index contributed by atoms with van der Waals surface area (Å²) in [5.41, 5.74) is 0.673. The summed E-state index contributed by atoms with van der Waals surface area (Å²) < 4.78 is 15.7. The fraction of sp³-hybridized carbons (Fsp3) is 0.450. The van der Waals surface area contributed by atoms with E-state index in [1.54, 1.807) is 24.3 Å². The van der Waals surface area contributed by atoms with Crippen molar-refractivity contribution < 1.29 is 23.8 Å². The van der Waals surface area contributed by atoms with Crippen molar-refractivity contribution in [1.29, 1.82) is 5.26 Å². The summed E-state index contributed by atoms with van der Waals surface area (Å²) in [7, 11) is 1.53. The molecular formula is C20H25N3O5. The van der Waals surface area contributed by atoms with Crippen LogP contribution in [0.5, 0.6) is 5.75 Å². The molecule has 0 unspecified atom stereocenters. The van der Waals surface area contributed by atoms with Gasteiger partial charge in [0.05, 0.1) is 12.7 Å². The lowest BCUT2D eigenvalue weighted by molar-refractivity contribution is -0.123. The zero-order chi connectivity index (χ0) is 20.2. The van der Waals surface area contributed by atoms with Crippen molar-refractivity contribution in [3.63, 3.8) is 0 Å². The van der Waals surface area contributed by atoms with E-state index in [1.807, 2.05) is 6.07 Å². The van der Waals surface area contributed by atoms with E-state index in [2.05, 4.69) is 10.6 Å². The number of hydrogen-bond donors (Lipinski definition) is 2. The van der Waals surface area contributed by atoms with Crippen LogP contribution in [0.4, 0.5) is 0 Å². The molecule has 0 saturated carbocycles. The first-order valence-electron chi connectivity index (χ1n) is 9.12. The van der Waals surface area contributed by atoms with E-state index in [0.717, 1.165) is 19.4 Å². The highest BCUT2D eigenvalue weighted by atomic mass is 16.5. The van der Waals surface area contributed by atoms with Gasteiger partial charge in [-0.1, -0.05) is 12.1 Å². The maximum absolute atomic E-state index is 11.9. The average Bonchev–Trinajstić information content (AvgIpc) is 3.23. The highest BCUT2D eigenvalue weighted by Crippen LogP contribution is 2.15. The second kappa shape index (κ2) is 11.7. The Morgan fingerprint density at radius 1 is 1.32 bits per heavy atom. The molecule has 8 heteroatoms. The van der Waals surface area contributed by atoms with Crippen LogP contribution in [-0.2, 0) is 19.1 Å². The van der Waals surface area contributed by atoms with Gasteiger partial charge in [0.15, 0.2) is 6.61 Å². The van der Waals surface area contributed by atoms with Crippen LogP contribution in [0.25, 0.3) is 6.08 Å². The molecule has 1 aliphatic heterocycles. The molecule has 1 aromatic rings. The first kappa shape index (κ1) is 21.4. The molecule has 0 aromatic heterocycles.